The molecule has 19 heavy (non-hydrogen) atoms. The third kappa shape index (κ3) is 2.78. The lowest BCUT2D eigenvalue weighted by atomic mass is 10.0. The van der Waals surface area contributed by atoms with Gasteiger partial charge in [-0.1, -0.05) is 6.07 Å². The van der Waals surface area contributed by atoms with Gasteiger partial charge < -0.3 is 14.6 Å². The molecule has 102 valence electrons. The highest BCUT2D eigenvalue weighted by Crippen LogP contribution is 2.31. The van der Waals surface area contributed by atoms with Crippen LogP contribution in [0.4, 0.5) is 10.5 Å². The molecule has 0 aromatic heterocycles. The molecule has 1 aliphatic rings. The average Bonchev–Trinajstić information content (AvgIpc) is 2.63. The maximum atomic E-state index is 11.8. The van der Waals surface area contributed by atoms with Gasteiger partial charge in [0.15, 0.2) is 0 Å². The highest BCUT2D eigenvalue weighted by Gasteiger charge is 2.43. The van der Waals surface area contributed by atoms with Crippen molar-refractivity contribution in [3.05, 3.63) is 24.3 Å². The third-order valence-electron chi connectivity index (χ3n) is 2.94. The fraction of sp³-hybridized carbons (Fsp3) is 0.385. The molecule has 1 aliphatic heterocycles. The van der Waals surface area contributed by atoms with E-state index in [4.69, 9.17) is 14.6 Å². The molecule has 1 fully saturated rings. The van der Waals surface area contributed by atoms with Crippen molar-refractivity contribution >= 4 is 17.7 Å². The molecule has 0 aliphatic carbocycles. The van der Waals surface area contributed by atoms with Crippen LogP contribution in [0, 0.1) is 0 Å². The Hall–Kier alpha value is -2.24. The minimum atomic E-state index is -1.01. The van der Waals surface area contributed by atoms with Gasteiger partial charge in [0, 0.05) is 6.07 Å². The molecule has 0 spiro atoms. The van der Waals surface area contributed by atoms with Crippen molar-refractivity contribution < 1.29 is 24.2 Å². The zero-order chi connectivity index (χ0) is 14.0. The second kappa shape index (κ2) is 4.79. The summed E-state index contributed by atoms with van der Waals surface area (Å²) in [7, 11) is 1.54. The van der Waals surface area contributed by atoms with Gasteiger partial charge in [0.05, 0.1) is 25.8 Å². The molecule has 1 atom stereocenters. The molecule has 1 aromatic carbocycles. The highest BCUT2D eigenvalue weighted by atomic mass is 16.6. The summed E-state index contributed by atoms with van der Waals surface area (Å²) >= 11 is 0. The maximum absolute atomic E-state index is 11.8. The molecule has 1 aromatic rings. The van der Waals surface area contributed by atoms with Crippen molar-refractivity contribution in [3.63, 3.8) is 0 Å². The van der Waals surface area contributed by atoms with E-state index in [2.05, 4.69) is 0 Å². The number of hydrogen-bond donors (Lipinski definition) is 1. The lowest BCUT2D eigenvalue weighted by Gasteiger charge is -2.19. The smallest absolute Gasteiger partial charge is 0.415 e. The molecule has 1 N–H and O–H groups in total. The van der Waals surface area contributed by atoms with E-state index >= 15 is 0 Å². The van der Waals surface area contributed by atoms with Crippen molar-refractivity contribution in [1.82, 2.24) is 0 Å². The fourth-order valence-corrected chi connectivity index (χ4v) is 2.08. The molecule has 2 rings (SSSR count). The van der Waals surface area contributed by atoms with Crippen molar-refractivity contribution in [2.45, 2.75) is 18.9 Å². The summed E-state index contributed by atoms with van der Waals surface area (Å²) < 4.78 is 10.3. The van der Waals surface area contributed by atoms with E-state index in [0.29, 0.717) is 11.4 Å². The summed E-state index contributed by atoms with van der Waals surface area (Å²) in [5.74, 6) is -0.375. The van der Waals surface area contributed by atoms with Gasteiger partial charge in [0.25, 0.3) is 0 Å². The Balaban J connectivity index is 2.22. The van der Waals surface area contributed by atoms with Crippen LogP contribution in [0.3, 0.4) is 0 Å². The average molecular weight is 265 g/mol. The normalized spacial score (nSPS) is 22.2. The van der Waals surface area contributed by atoms with E-state index in [9.17, 15) is 9.59 Å². The lowest BCUT2D eigenvalue weighted by Crippen LogP contribution is -2.33. The standard InChI is InChI=1S/C13H15NO5/c1-13(7-11(15)16)8-14(12(17)19-13)9-4-3-5-10(6-9)18-2/h3-6H,7-8H2,1-2H3,(H,15,16). The Morgan fingerprint density at radius 1 is 1.58 bits per heavy atom. The lowest BCUT2D eigenvalue weighted by molar-refractivity contribution is -0.140. The minimum absolute atomic E-state index is 0.200. The number of rotatable bonds is 4. The van der Waals surface area contributed by atoms with Crippen LogP contribution in [0.5, 0.6) is 5.75 Å². The van der Waals surface area contributed by atoms with Gasteiger partial charge in [-0.15, -0.1) is 0 Å². The SMILES string of the molecule is COc1cccc(N2CC(C)(CC(=O)O)OC2=O)c1. The molecular weight excluding hydrogens is 250 g/mol. The number of ether oxygens (including phenoxy) is 2. The van der Waals surface area contributed by atoms with E-state index in [1.807, 2.05) is 0 Å². The Bertz CT molecular complexity index is 516. The maximum Gasteiger partial charge on any atom is 0.415 e. The summed E-state index contributed by atoms with van der Waals surface area (Å²) in [5.41, 5.74) is -0.384. The number of benzene rings is 1. The molecule has 0 radical (unpaired) electrons. The molecule has 1 unspecified atom stereocenters. The summed E-state index contributed by atoms with van der Waals surface area (Å²) in [4.78, 5) is 24.0. The van der Waals surface area contributed by atoms with Crippen molar-refractivity contribution in [3.8, 4) is 5.75 Å². The first-order valence-corrected chi connectivity index (χ1v) is 5.80. The fourth-order valence-electron chi connectivity index (χ4n) is 2.08. The number of nitrogens with zero attached hydrogens (tertiary/aromatic N) is 1. The quantitative estimate of drug-likeness (QED) is 0.899. The highest BCUT2D eigenvalue weighted by molar-refractivity contribution is 5.91. The molecule has 1 amide bonds. The number of aliphatic carboxylic acids is 1. The number of anilines is 1. The van der Waals surface area contributed by atoms with Gasteiger partial charge in [-0.2, -0.15) is 0 Å². The number of carbonyl (C=O) groups is 2. The topological polar surface area (TPSA) is 76.1 Å². The van der Waals surface area contributed by atoms with E-state index in [1.165, 1.54) is 12.0 Å². The van der Waals surface area contributed by atoms with E-state index in [-0.39, 0.29) is 13.0 Å². The van der Waals surface area contributed by atoms with Gasteiger partial charge in [-0.3, -0.25) is 9.69 Å². The second-order valence-electron chi connectivity index (χ2n) is 4.68. The molecule has 6 heteroatoms. The summed E-state index contributed by atoms with van der Waals surface area (Å²) in [6, 6.07) is 6.97. The number of cyclic esters (lactones) is 1. The van der Waals surface area contributed by atoms with E-state index in [1.54, 1.807) is 31.2 Å². The van der Waals surface area contributed by atoms with Gasteiger partial charge >= 0.3 is 12.1 Å². The summed E-state index contributed by atoms with van der Waals surface area (Å²) in [6.45, 7) is 1.81. The zero-order valence-electron chi connectivity index (χ0n) is 10.8. The van der Waals surface area contributed by atoms with Gasteiger partial charge in [-0.25, -0.2) is 4.79 Å². The Labute approximate surface area is 110 Å². The molecule has 0 bridgehead atoms. The van der Waals surface area contributed by atoms with Crippen molar-refractivity contribution in [2.75, 3.05) is 18.6 Å². The number of amides is 1. The van der Waals surface area contributed by atoms with Crippen LogP contribution in [-0.2, 0) is 9.53 Å². The van der Waals surface area contributed by atoms with Crippen LogP contribution >= 0.6 is 0 Å². The van der Waals surface area contributed by atoms with Gasteiger partial charge in [0.1, 0.15) is 11.4 Å². The Morgan fingerprint density at radius 3 is 2.95 bits per heavy atom. The largest absolute Gasteiger partial charge is 0.497 e. The van der Waals surface area contributed by atoms with Crippen LogP contribution < -0.4 is 9.64 Å². The minimum Gasteiger partial charge on any atom is -0.497 e. The zero-order valence-corrected chi connectivity index (χ0v) is 10.8. The third-order valence-corrected chi connectivity index (χ3v) is 2.94. The predicted molar refractivity (Wildman–Crippen MR) is 67.5 cm³/mol. The van der Waals surface area contributed by atoms with Crippen LogP contribution in [0.25, 0.3) is 0 Å². The number of carboxylic acid groups (broad SMARTS) is 1. The van der Waals surface area contributed by atoms with Crippen LogP contribution in [0.2, 0.25) is 0 Å². The number of hydrogen-bond acceptors (Lipinski definition) is 4. The second-order valence-corrected chi connectivity index (χ2v) is 4.68. The summed E-state index contributed by atoms with van der Waals surface area (Å²) in [6.07, 6.45) is -0.767. The molecule has 1 saturated heterocycles. The molecule has 0 saturated carbocycles. The van der Waals surface area contributed by atoms with Gasteiger partial charge in [0.2, 0.25) is 0 Å². The van der Waals surface area contributed by atoms with Crippen LogP contribution in [0.1, 0.15) is 13.3 Å². The monoisotopic (exact) mass is 265 g/mol. The Morgan fingerprint density at radius 2 is 2.32 bits per heavy atom. The summed E-state index contributed by atoms with van der Waals surface area (Å²) in [5, 5.41) is 8.83. The van der Waals surface area contributed by atoms with Crippen molar-refractivity contribution in [1.29, 1.82) is 0 Å². The first-order chi connectivity index (χ1) is 8.93. The van der Waals surface area contributed by atoms with Gasteiger partial charge in [-0.05, 0) is 19.1 Å². The number of carbonyl (C=O) groups excluding carboxylic acids is 1. The number of methoxy groups -OCH3 is 1. The number of carboxylic acids is 1. The Kier molecular flexibility index (Phi) is 3.33. The molecule has 1 heterocycles. The van der Waals surface area contributed by atoms with E-state index in [0.717, 1.165) is 0 Å². The predicted octanol–water partition coefficient (Wildman–Crippen LogP) is 1.89. The van der Waals surface area contributed by atoms with E-state index < -0.39 is 17.7 Å². The molecule has 6 nitrogen and oxygen atoms in total. The van der Waals surface area contributed by atoms with Crippen molar-refractivity contribution in [2.24, 2.45) is 0 Å². The van der Waals surface area contributed by atoms with Crippen LogP contribution in [0.15, 0.2) is 24.3 Å². The first kappa shape index (κ1) is 13.2. The van der Waals surface area contributed by atoms with Crippen LogP contribution in [-0.4, -0.2) is 36.4 Å². The first-order valence-electron chi connectivity index (χ1n) is 5.80. The molecular formula is C13H15NO5.